The zero-order valence-corrected chi connectivity index (χ0v) is 18.2. The quantitative estimate of drug-likeness (QED) is 0.470. The van der Waals surface area contributed by atoms with Gasteiger partial charge in [0.1, 0.15) is 5.75 Å². The van der Waals surface area contributed by atoms with Gasteiger partial charge in [-0.15, -0.1) is 0 Å². The predicted octanol–water partition coefficient (Wildman–Crippen LogP) is 4.44. The average Bonchev–Trinajstić information content (AvgIpc) is 2.70. The molecule has 1 aromatic rings. The summed E-state index contributed by atoms with van der Waals surface area (Å²) in [6, 6.07) is 8.88. The number of nitrogens with zero attached hydrogens (tertiary/aromatic N) is 2. The monoisotopic (exact) mass is 391 g/mol. The van der Waals surface area contributed by atoms with Crippen LogP contribution in [0.2, 0.25) is 0 Å². The van der Waals surface area contributed by atoms with Crippen LogP contribution < -0.4 is 10.1 Å². The molecule has 2 rings (SSSR count). The third-order valence-corrected chi connectivity index (χ3v) is 5.84. The number of ether oxygens (including phenoxy) is 1. The van der Waals surface area contributed by atoms with Crippen molar-refractivity contribution >= 4 is 17.3 Å². The molecule has 5 heteroatoms. The van der Waals surface area contributed by atoms with Crippen molar-refractivity contribution in [3.8, 4) is 5.75 Å². The lowest BCUT2D eigenvalue weighted by molar-refractivity contribution is 0.171. The molecule has 1 fully saturated rings. The summed E-state index contributed by atoms with van der Waals surface area (Å²) < 4.78 is 5.29. The van der Waals surface area contributed by atoms with Crippen LogP contribution in [0.1, 0.15) is 57.4 Å². The Labute approximate surface area is 171 Å². The summed E-state index contributed by atoms with van der Waals surface area (Å²) in [6.07, 6.45) is 8.78. The van der Waals surface area contributed by atoms with Gasteiger partial charge < -0.3 is 19.9 Å². The van der Waals surface area contributed by atoms with E-state index in [4.69, 9.17) is 17.0 Å². The van der Waals surface area contributed by atoms with Gasteiger partial charge in [0.2, 0.25) is 0 Å². The standard InChI is InChI=1S/C22H37N3OS/c1-4-5-6-7-8-15-23-22(27)25(20-13-16-24(2)17-14-20)18-19-9-11-21(26-3)12-10-19/h9-12,20H,4-8,13-18H2,1-3H3,(H,23,27). The lowest BCUT2D eigenvalue weighted by atomic mass is 10.0. The van der Waals surface area contributed by atoms with Crippen LogP contribution in [0, 0.1) is 0 Å². The maximum absolute atomic E-state index is 5.81. The highest BCUT2D eigenvalue weighted by molar-refractivity contribution is 7.80. The molecule has 1 aliphatic heterocycles. The van der Waals surface area contributed by atoms with E-state index in [1.807, 2.05) is 12.1 Å². The molecule has 0 saturated carbocycles. The Morgan fingerprint density at radius 1 is 1.15 bits per heavy atom. The highest BCUT2D eigenvalue weighted by Gasteiger charge is 2.25. The molecule has 0 radical (unpaired) electrons. The van der Waals surface area contributed by atoms with Crippen LogP contribution in [-0.4, -0.2) is 54.7 Å². The minimum Gasteiger partial charge on any atom is -0.497 e. The number of nitrogens with one attached hydrogen (secondary N) is 1. The minimum atomic E-state index is 0.517. The highest BCUT2D eigenvalue weighted by atomic mass is 32.1. The Balaban J connectivity index is 1.92. The van der Waals surface area contributed by atoms with Crippen molar-refractivity contribution in [1.82, 2.24) is 15.1 Å². The molecule has 1 aliphatic rings. The van der Waals surface area contributed by atoms with E-state index in [0.717, 1.165) is 37.0 Å². The van der Waals surface area contributed by atoms with Gasteiger partial charge in [0, 0.05) is 19.1 Å². The van der Waals surface area contributed by atoms with Crippen LogP contribution in [0.5, 0.6) is 5.75 Å². The maximum atomic E-state index is 5.81. The number of likely N-dealkylation sites (tertiary alicyclic amines) is 1. The van der Waals surface area contributed by atoms with E-state index >= 15 is 0 Å². The van der Waals surface area contributed by atoms with Crippen LogP contribution >= 0.6 is 12.2 Å². The summed E-state index contributed by atoms with van der Waals surface area (Å²) in [7, 11) is 3.91. The van der Waals surface area contributed by atoms with Crippen molar-refractivity contribution < 1.29 is 4.74 Å². The van der Waals surface area contributed by atoms with E-state index in [2.05, 4.69) is 41.2 Å². The molecule has 0 unspecified atom stereocenters. The molecule has 0 aliphatic carbocycles. The third kappa shape index (κ3) is 7.67. The molecule has 0 aromatic heterocycles. The van der Waals surface area contributed by atoms with Crippen molar-refractivity contribution in [2.45, 2.75) is 64.5 Å². The fourth-order valence-electron chi connectivity index (χ4n) is 3.63. The van der Waals surface area contributed by atoms with Crippen LogP contribution in [0.4, 0.5) is 0 Å². The Kier molecular flexibility index (Phi) is 9.92. The van der Waals surface area contributed by atoms with Crippen molar-refractivity contribution in [2.24, 2.45) is 0 Å². The predicted molar refractivity (Wildman–Crippen MR) is 118 cm³/mol. The average molecular weight is 392 g/mol. The fourth-order valence-corrected chi connectivity index (χ4v) is 3.94. The number of hydrogen-bond acceptors (Lipinski definition) is 3. The summed E-state index contributed by atoms with van der Waals surface area (Å²) >= 11 is 5.81. The van der Waals surface area contributed by atoms with Gasteiger partial charge >= 0.3 is 0 Å². The summed E-state index contributed by atoms with van der Waals surface area (Å²) in [5, 5.41) is 4.44. The van der Waals surface area contributed by atoms with Gasteiger partial charge in [-0.05, 0) is 69.3 Å². The van der Waals surface area contributed by atoms with Gasteiger partial charge in [0.15, 0.2) is 5.11 Å². The molecule has 1 aromatic carbocycles. The molecule has 1 N–H and O–H groups in total. The number of thiocarbonyl (C=S) groups is 1. The lowest BCUT2D eigenvalue weighted by Crippen LogP contribution is -2.49. The van der Waals surface area contributed by atoms with E-state index in [0.29, 0.717) is 6.04 Å². The molecule has 27 heavy (non-hydrogen) atoms. The molecule has 0 atom stereocenters. The van der Waals surface area contributed by atoms with E-state index in [1.54, 1.807) is 7.11 Å². The first-order valence-corrected chi connectivity index (χ1v) is 10.9. The number of methoxy groups -OCH3 is 1. The summed E-state index contributed by atoms with van der Waals surface area (Å²) in [4.78, 5) is 4.82. The van der Waals surface area contributed by atoms with Gasteiger partial charge in [-0.25, -0.2) is 0 Å². The van der Waals surface area contributed by atoms with Gasteiger partial charge in [-0.1, -0.05) is 44.7 Å². The number of benzene rings is 1. The zero-order chi connectivity index (χ0) is 19.5. The molecular weight excluding hydrogens is 354 g/mol. The van der Waals surface area contributed by atoms with E-state index in [9.17, 15) is 0 Å². The molecule has 0 bridgehead atoms. The molecular formula is C22H37N3OS. The second kappa shape index (κ2) is 12.2. The largest absolute Gasteiger partial charge is 0.497 e. The van der Waals surface area contributed by atoms with Crippen molar-refractivity contribution in [3.63, 3.8) is 0 Å². The van der Waals surface area contributed by atoms with Gasteiger partial charge in [-0.2, -0.15) is 0 Å². The SMILES string of the molecule is CCCCCCCNC(=S)N(Cc1ccc(OC)cc1)C1CCN(C)CC1. The Hall–Kier alpha value is -1.33. The summed E-state index contributed by atoms with van der Waals surface area (Å²) in [5.74, 6) is 0.900. The molecule has 0 spiro atoms. The Morgan fingerprint density at radius 3 is 2.44 bits per heavy atom. The smallest absolute Gasteiger partial charge is 0.169 e. The Morgan fingerprint density at radius 2 is 1.81 bits per heavy atom. The minimum absolute atomic E-state index is 0.517. The molecule has 0 amide bonds. The van der Waals surface area contributed by atoms with E-state index in [1.165, 1.54) is 50.5 Å². The second-order valence-electron chi connectivity index (χ2n) is 7.66. The zero-order valence-electron chi connectivity index (χ0n) is 17.4. The first-order valence-electron chi connectivity index (χ1n) is 10.5. The topological polar surface area (TPSA) is 27.7 Å². The normalized spacial score (nSPS) is 15.5. The fraction of sp³-hybridized carbons (Fsp3) is 0.682. The van der Waals surface area contributed by atoms with Gasteiger partial charge in [0.05, 0.1) is 7.11 Å². The number of hydrogen-bond donors (Lipinski definition) is 1. The lowest BCUT2D eigenvalue weighted by Gasteiger charge is -2.39. The first kappa shape index (κ1) is 22.0. The molecule has 1 heterocycles. The highest BCUT2D eigenvalue weighted by Crippen LogP contribution is 2.20. The first-order chi connectivity index (χ1) is 13.1. The number of rotatable bonds is 10. The summed E-state index contributed by atoms with van der Waals surface area (Å²) in [5.41, 5.74) is 1.28. The van der Waals surface area contributed by atoms with Crippen LogP contribution in [0.15, 0.2) is 24.3 Å². The maximum Gasteiger partial charge on any atom is 0.169 e. The molecule has 4 nitrogen and oxygen atoms in total. The molecule has 1 saturated heterocycles. The van der Waals surface area contributed by atoms with E-state index < -0.39 is 0 Å². The van der Waals surface area contributed by atoms with Crippen molar-refractivity contribution in [3.05, 3.63) is 29.8 Å². The van der Waals surface area contributed by atoms with Gasteiger partial charge in [0.25, 0.3) is 0 Å². The van der Waals surface area contributed by atoms with Crippen molar-refractivity contribution in [2.75, 3.05) is 33.8 Å². The van der Waals surface area contributed by atoms with E-state index in [-0.39, 0.29) is 0 Å². The van der Waals surface area contributed by atoms with Crippen LogP contribution in [-0.2, 0) is 6.54 Å². The second-order valence-corrected chi connectivity index (χ2v) is 8.04. The Bertz CT molecular complexity index is 541. The van der Waals surface area contributed by atoms with Gasteiger partial charge in [-0.3, -0.25) is 0 Å². The number of piperidine rings is 1. The van der Waals surface area contributed by atoms with Crippen molar-refractivity contribution in [1.29, 1.82) is 0 Å². The third-order valence-electron chi connectivity index (χ3n) is 5.46. The van der Waals surface area contributed by atoms with Crippen LogP contribution in [0.25, 0.3) is 0 Å². The number of unbranched alkanes of at least 4 members (excludes halogenated alkanes) is 4. The summed E-state index contributed by atoms with van der Waals surface area (Å²) in [6.45, 7) is 6.38. The van der Waals surface area contributed by atoms with Crippen LogP contribution in [0.3, 0.4) is 0 Å². The molecule has 152 valence electrons.